The summed E-state index contributed by atoms with van der Waals surface area (Å²) >= 11 is 0. The van der Waals surface area contributed by atoms with Gasteiger partial charge in [-0.15, -0.1) is 0 Å². The highest BCUT2D eigenvalue weighted by atomic mass is 32.2. The molecule has 12 heteroatoms. The summed E-state index contributed by atoms with van der Waals surface area (Å²) in [6, 6.07) is 4.43. The number of carbonyl (C=O) groups is 1. The van der Waals surface area contributed by atoms with Crippen molar-refractivity contribution in [2.75, 3.05) is 35.2 Å². The predicted octanol–water partition coefficient (Wildman–Crippen LogP) is 2.76. The predicted molar refractivity (Wildman–Crippen MR) is 142 cm³/mol. The first-order valence-corrected chi connectivity index (χ1v) is 14.0. The number of anilines is 3. The molecule has 1 saturated heterocycles. The molecule has 4 rings (SSSR count). The highest BCUT2D eigenvalue weighted by Crippen LogP contribution is 2.54. The van der Waals surface area contributed by atoms with Gasteiger partial charge >= 0.3 is 0 Å². The number of hydrogen-bond donors (Lipinski definition) is 4. The minimum absolute atomic E-state index is 0.0914. The van der Waals surface area contributed by atoms with E-state index < -0.39 is 27.0 Å². The number of hydrogen-bond acceptors (Lipinski definition) is 9. The third-order valence-electron chi connectivity index (χ3n) is 6.59. The number of piperidine rings is 1. The van der Waals surface area contributed by atoms with E-state index in [0.29, 0.717) is 17.1 Å². The van der Waals surface area contributed by atoms with Gasteiger partial charge in [0.1, 0.15) is 11.6 Å². The van der Waals surface area contributed by atoms with Crippen molar-refractivity contribution in [2.24, 2.45) is 5.41 Å². The molecular formula is C25H37N7O4S. The van der Waals surface area contributed by atoms with Gasteiger partial charge in [-0.2, -0.15) is 0 Å². The Hall–Kier alpha value is -2.83. The average Bonchev–Trinajstić information content (AvgIpc) is 3.56. The fraction of sp³-hybridized carbons (Fsp3) is 0.600. The molecule has 11 nitrogen and oxygen atoms in total. The monoisotopic (exact) mass is 531 g/mol. The van der Waals surface area contributed by atoms with Crippen molar-refractivity contribution in [1.82, 2.24) is 19.7 Å². The fourth-order valence-corrected chi connectivity index (χ4v) is 5.73. The number of carbonyl (C=O) groups excluding carboxylic acids is 1. The van der Waals surface area contributed by atoms with Gasteiger partial charge in [-0.25, -0.2) is 28.1 Å². The van der Waals surface area contributed by atoms with Gasteiger partial charge in [0.05, 0.1) is 18.3 Å². The molecule has 3 heterocycles. The van der Waals surface area contributed by atoms with Crippen LogP contribution in [0.25, 0.3) is 0 Å². The maximum atomic E-state index is 13.4. The third kappa shape index (κ3) is 6.74. The van der Waals surface area contributed by atoms with Gasteiger partial charge in [0.15, 0.2) is 16.5 Å². The maximum Gasteiger partial charge on any atom is 0.279 e. The minimum Gasteiger partial charge on any atom is -0.394 e. The summed E-state index contributed by atoms with van der Waals surface area (Å²) in [5.41, 5.74) is -0.732. The van der Waals surface area contributed by atoms with E-state index in [-0.39, 0.29) is 23.1 Å². The summed E-state index contributed by atoms with van der Waals surface area (Å²) in [4.78, 5) is 28.7. The first-order chi connectivity index (χ1) is 17.2. The van der Waals surface area contributed by atoms with Crippen molar-refractivity contribution < 1.29 is 18.3 Å². The van der Waals surface area contributed by atoms with E-state index >= 15 is 0 Å². The van der Waals surface area contributed by atoms with Crippen LogP contribution >= 0.6 is 0 Å². The molecular weight excluding hydrogens is 494 g/mol. The molecule has 1 aliphatic heterocycles. The molecule has 1 aliphatic carbocycles. The molecule has 202 valence electrons. The zero-order valence-corrected chi connectivity index (χ0v) is 22.9. The normalized spacial score (nSPS) is 17.5. The Kier molecular flexibility index (Phi) is 7.21. The fourth-order valence-electron chi connectivity index (χ4n) is 4.34. The van der Waals surface area contributed by atoms with Crippen molar-refractivity contribution in [1.29, 1.82) is 0 Å². The number of pyridine rings is 1. The highest BCUT2D eigenvalue weighted by molar-refractivity contribution is 7.89. The van der Waals surface area contributed by atoms with Gasteiger partial charge in [-0.05, 0) is 77.8 Å². The van der Waals surface area contributed by atoms with Crippen molar-refractivity contribution in [3.63, 3.8) is 0 Å². The Bertz CT molecular complexity index is 1260. The first-order valence-electron chi connectivity index (χ1n) is 12.5. The molecule has 1 amide bonds. The number of aliphatic hydroxyl groups is 1. The van der Waals surface area contributed by atoms with Crippen LogP contribution in [0.1, 0.15) is 70.8 Å². The molecule has 0 bridgehead atoms. The second-order valence-corrected chi connectivity index (χ2v) is 13.4. The minimum atomic E-state index is -3.87. The molecule has 2 aromatic heterocycles. The number of aromatic nitrogens is 3. The smallest absolute Gasteiger partial charge is 0.279 e. The Labute approximate surface area is 218 Å². The molecule has 2 fully saturated rings. The van der Waals surface area contributed by atoms with Gasteiger partial charge in [-0.3, -0.25) is 4.79 Å². The Morgan fingerprint density at radius 3 is 2.32 bits per heavy atom. The lowest BCUT2D eigenvalue weighted by molar-refractivity contribution is 0.102. The van der Waals surface area contributed by atoms with E-state index in [1.165, 1.54) is 37.2 Å². The summed E-state index contributed by atoms with van der Waals surface area (Å²) < 4.78 is 28.0. The molecule has 1 saturated carbocycles. The summed E-state index contributed by atoms with van der Waals surface area (Å²) in [6.45, 7) is 10.3. The Morgan fingerprint density at radius 2 is 1.73 bits per heavy atom. The van der Waals surface area contributed by atoms with Crippen molar-refractivity contribution in [3.8, 4) is 0 Å². The van der Waals surface area contributed by atoms with Crippen LogP contribution in [0, 0.1) is 5.41 Å². The maximum absolute atomic E-state index is 13.4. The van der Waals surface area contributed by atoms with Crippen molar-refractivity contribution >= 4 is 33.4 Å². The number of amides is 1. The van der Waals surface area contributed by atoms with Crippen molar-refractivity contribution in [3.05, 3.63) is 30.1 Å². The first kappa shape index (κ1) is 27.2. The van der Waals surface area contributed by atoms with Crippen LogP contribution in [0.15, 0.2) is 29.4 Å². The van der Waals surface area contributed by atoms with E-state index in [9.17, 15) is 18.3 Å². The molecule has 0 atom stereocenters. The second kappa shape index (κ2) is 9.80. The van der Waals surface area contributed by atoms with E-state index in [1.807, 2.05) is 13.8 Å². The molecule has 0 unspecified atom stereocenters. The lowest BCUT2D eigenvalue weighted by Crippen LogP contribution is -2.40. The summed E-state index contributed by atoms with van der Waals surface area (Å²) in [6.07, 6.45) is 6.04. The Balaban J connectivity index is 1.60. The quantitative estimate of drug-likeness (QED) is 0.403. The van der Waals surface area contributed by atoms with Gasteiger partial charge in [0.2, 0.25) is 0 Å². The zero-order valence-electron chi connectivity index (χ0n) is 22.1. The molecule has 4 N–H and O–H groups in total. The SMILES string of the molecule is CC(C)(C)NS(=O)(=O)c1cccc(NC(=O)c2ncc(NC(C)(C)CO)nc2N2CCC3(CC2)CC3)n1. The van der Waals surface area contributed by atoms with Gasteiger partial charge in [0, 0.05) is 18.6 Å². The van der Waals surface area contributed by atoms with Crippen molar-refractivity contribution in [2.45, 2.75) is 76.4 Å². The molecule has 0 radical (unpaired) electrons. The third-order valence-corrected chi connectivity index (χ3v) is 8.25. The second-order valence-electron chi connectivity index (χ2n) is 11.8. The number of aliphatic hydroxyl groups excluding tert-OH is 1. The summed E-state index contributed by atoms with van der Waals surface area (Å²) in [7, 11) is -3.87. The van der Waals surface area contributed by atoms with Crippen LogP contribution in [0.3, 0.4) is 0 Å². The number of nitrogens with zero attached hydrogens (tertiary/aromatic N) is 4. The van der Waals surface area contributed by atoms with Crippen LogP contribution in [0.2, 0.25) is 0 Å². The van der Waals surface area contributed by atoms with E-state index in [4.69, 9.17) is 4.98 Å². The molecule has 1 spiro atoms. The summed E-state index contributed by atoms with van der Waals surface area (Å²) in [5.74, 6) is 0.462. The average molecular weight is 532 g/mol. The molecule has 2 aliphatic rings. The number of nitrogens with one attached hydrogen (secondary N) is 3. The van der Waals surface area contributed by atoms with Crippen LogP contribution in [0.5, 0.6) is 0 Å². The largest absolute Gasteiger partial charge is 0.394 e. The van der Waals surface area contributed by atoms with Gasteiger partial charge in [-0.1, -0.05) is 6.07 Å². The lowest BCUT2D eigenvalue weighted by Gasteiger charge is -2.34. The van der Waals surface area contributed by atoms with Crippen LogP contribution in [-0.4, -0.2) is 65.2 Å². The van der Waals surface area contributed by atoms with Crippen LogP contribution in [0.4, 0.5) is 17.5 Å². The highest BCUT2D eigenvalue weighted by Gasteiger charge is 2.45. The van der Waals surface area contributed by atoms with E-state index in [2.05, 4.69) is 30.2 Å². The van der Waals surface area contributed by atoms with E-state index in [0.717, 1.165) is 25.9 Å². The topological polar surface area (TPSA) is 149 Å². The summed E-state index contributed by atoms with van der Waals surface area (Å²) in [5, 5.41) is 15.3. The van der Waals surface area contributed by atoms with Gasteiger partial charge < -0.3 is 20.6 Å². The zero-order chi connectivity index (χ0) is 27.1. The lowest BCUT2D eigenvalue weighted by atomic mass is 9.93. The Morgan fingerprint density at radius 1 is 1.05 bits per heavy atom. The standard InChI is InChI=1S/C25H37N7O4S/c1-23(2,3)31-37(35,36)19-8-6-7-17(27-19)29-22(34)20-21(32-13-11-25(9-10-25)12-14-32)28-18(15-26-20)30-24(4,5)16-33/h6-8,15,31,33H,9-14,16H2,1-5H3,(H,28,30)(H,27,29,34). The van der Waals surface area contributed by atoms with Crippen LogP contribution in [-0.2, 0) is 10.0 Å². The molecule has 37 heavy (non-hydrogen) atoms. The molecule has 2 aromatic rings. The van der Waals surface area contributed by atoms with E-state index in [1.54, 1.807) is 20.8 Å². The molecule has 0 aromatic carbocycles. The van der Waals surface area contributed by atoms with Crippen LogP contribution < -0.4 is 20.3 Å². The number of sulfonamides is 1. The number of rotatable bonds is 8. The van der Waals surface area contributed by atoms with Gasteiger partial charge in [0.25, 0.3) is 15.9 Å².